The topological polar surface area (TPSA) is 92.4 Å². The quantitative estimate of drug-likeness (QED) is 0.806. The highest BCUT2D eigenvalue weighted by Crippen LogP contribution is 2.29. The first kappa shape index (κ1) is 14.5. The third kappa shape index (κ3) is 3.16. The van der Waals surface area contributed by atoms with E-state index >= 15 is 0 Å². The highest BCUT2D eigenvalue weighted by Gasteiger charge is 2.23. The van der Waals surface area contributed by atoms with Gasteiger partial charge in [0.1, 0.15) is 17.3 Å². The standard InChI is InChI=1S/C10H8Br2N2O4S/c11-7-2-1-3-13-10(7)14-19(16,17)8-4-6(5-15)18-9(8)12/h1-4,15H,5H2,(H,13,14). The third-order valence-corrected chi connectivity index (χ3v) is 4.98. The Morgan fingerprint density at radius 1 is 1.42 bits per heavy atom. The number of nitrogens with zero attached hydrogens (tertiary/aromatic N) is 1. The molecule has 0 bridgehead atoms. The molecule has 9 heteroatoms. The summed E-state index contributed by atoms with van der Waals surface area (Å²) in [6.07, 6.45) is 1.46. The van der Waals surface area contributed by atoms with Crippen molar-refractivity contribution in [3.8, 4) is 0 Å². The predicted molar refractivity (Wildman–Crippen MR) is 75.1 cm³/mol. The van der Waals surface area contributed by atoms with Crippen LogP contribution >= 0.6 is 31.9 Å². The van der Waals surface area contributed by atoms with Crippen molar-refractivity contribution in [1.82, 2.24) is 4.98 Å². The summed E-state index contributed by atoms with van der Waals surface area (Å²) < 4.78 is 32.2. The van der Waals surface area contributed by atoms with Crippen LogP contribution in [-0.2, 0) is 16.6 Å². The maximum absolute atomic E-state index is 12.2. The Morgan fingerprint density at radius 2 is 2.16 bits per heavy atom. The average molecular weight is 412 g/mol. The highest BCUT2D eigenvalue weighted by molar-refractivity contribution is 9.10. The van der Waals surface area contributed by atoms with Crippen LogP contribution in [0, 0.1) is 0 Å². The fraction of sp³-hybridized carbons (Fsp3) is 0.100. The Morgan fingerprint density at radius 3 is 2.74 bits per heavy atom. The lowest BCUT2D eigenvalue weighted by Crippen LogP contribution is -2.14. The maximum Gasteiger partial charge on any atom is 0.267 e. The zero-order chi connectivity index (χ0) is 14.0. The summed E-state index contributed by atoms with van der Waals surface area (Å²) in [7, 11) is -3.85. The molecule has 2 rings (SSSR count). The second-order valence-electron chi connectivity index (χ2n) is 3.45. The van der Waals surface area contributed by atoms with E-state index in [4.69, 9.17) is 9.52 Å². The SMILES string of the molecule is O=S(=O)(Nc1ncccc1Br)c1cc(CO)oc1Br. The molecule has 0 fully saturated rings. The fourth-order valence-electron chi connectivity index (χ4n) is 1.30. The molecule has 0 aromatic carbocycles. The molecule has 0 aliphatic heterocycles. The molecule has 2 N–H and O–H groups in total. The van der Waals surface area contributed by atoms with E-state index < -0.39 is 10.0 Å². The molecule has 0 saturated carbocycles. The Labute approximate surface area is 126 Å². The molecule has 0 spiro atoms. The number of anilines is 1. The van der Waals surface area contributed by atoms with Crippen LogP contribution in [-0.4, -0.2) is 18.5 Å². The molecule has 0 aliphatic rings. The molecular weight excluding hydrogens is 404 g/mol. The Kier molecular flexibility index (Phi) is 4.29. The lowest BCUT2D eigenvalue weighted by Gasteiger charge is -2.06. The number of aliphatic hydroxyl groups excluding tert-OH is 1. The summed E-state index contributed by atoms with van der Waals surface area (Å²) in [6.45, 7) is -0.387. The van der Waals surface area contributed by atoms with Gasteiger partial charge in [-0.2, -0.15) is 0 Å². The molecule has 0 amide bonds. The second-order valence-corrected chi connectivity index (χ2v) is 6.67. The van der Waals surface area contributed by atoms with Gasteiger partial charge in [0.2, 0.25) is 0 Å². The van der Waals surface area contributed by atoms with E-state index in [9.17, 15) is 8.42 Å². The van der Waals surface area contributed by atoms with Gasteiger partial charge in [-0.15, -0.1) is 0 Å². The summed E-state index contributed by atoms with van der Waals surface area (Å²) in [6, 6.07) is 4.57. The van der Waals surface area contributed by atoms with E-state index in [1.807, 2.05) is 0 Å². The number of rotatable bonds is 4. The number of nitrogens with one attached hydrogen (secondary N) is 1. The largest absolute Gasteiger partial charge is 0.450 e. The van der Waals surface area contributed by atoms with Gasteiger partial charge in [-0.25, -0.2) is 13.4 Å². The van der Waals surface area contributed by atoms with Gasteiger partial charge in [0, 0.05) is 12.3 Å². The van der Waals surface area contributed by atoms with Crippen LogP contribution < -0.4 is 4.72 Å². The van der Waals surface area contributed by atoms with Gasteiger partial charge in [-0.05, 0) is 44.0 Å². The minimum atomic E-state index is -3.85. The van der Waals surface area contributed by atoms with Crippen molar-refractivity contribution < 1.29 is 17.9 Å². The van der Waals surface area contributed by atoms with Crippen molar-refractivity contribution in [1.29, 1.82) is 0 Å². The number of halogens is 2. The Balaban J connectivity index is 2.38. The lowest BCUT2D eigenvalue weighted by atomic mass is 10.5. The van der Waals surface area contributed by atoms with Crippen LogP contribution in [0.15, 0.2) is 42.9 Å². The highest BCUT2D eigenvalue weighted by atomic mass is 79.9. The Bertz CT molecular complexity index is 699. The summed E-state index contributed by atoms with van der Waals surface area (Å²) in [5.41, 5.74) is 0. The molecule has 0 atom stereocenters. The molecule has 0 saturated heterocycles. The van der Waals surface area contributed by atoms with E-state index in [2.05, 4.69) is 41.6 Å². The molecule has 6 nitrogen and oxygen atoms in total. The van der Waals surface area contributed by atoms with Crippen molar-refractivity contribution in [2.75, 3.05) is 4.72 Å². The van der Waals surface area contributed by atoms with Gasteiger partial charge < -0.3 is 9.52 Å². The van der Waals surface area contributed by atoms with Gasteiger partial charge in [-0.3, -0.25) is 4.72 Å². The monoisotopic (exact) mass is 410 g/mol. The smallest absolute Gasteiger partial charge is 0.267 e. The Hall–Kier alpha value is -0.900. The first-order valence-corrected chi connectivity index (χ1v) is 8.03. The van der Waals surface area contributed by atoms with Crippen LogP contribution in [0.5, 0.6) is 0 Å². The molecule has 2 aromatic rings. The number of sulfonamides is 1. The van der Waals surface area contributed by atoms with Crippen LogP contribution in [0.3, 0.4) is 0 Å². The molecule has 0 radical (unpaired) electrons. The maximum atomic E-state index is 12.2. The number of aromatic nitrogens is 1. The van der Waals surface area contributed by atoms with E-state index in [0.29, 0.717) is 4.47 Å². The van der Waals surface area contributed by atoms with Crippen LogP contribution in [0.25, 0.3) is 0 Å². The average Bonchev–Trinajstić information content (AvgIpc) is 2.74. The van der Waals surface area contributed by atoms with Gasteiger partial charge >= 0.3 is 0 Å². The van der Waals surface area contributed by atoms with E-state index in [0.717, 1.165) is 0 Å². The molecule has 102 valence electrons. The van der Waals surface area contributed by atoms with Crippen molar-refractivity contribution in [3.63, 3.8) is 0 Å². The first-order chi connectivity index (χ1) is 8.94. The third-order valence-electron chi connectivity index (χ3n) is 2.14. The predicted octanol–water partition coefficient (Wildman–Crippen LogP) is 2.49. The lowest BCUT2D eigenvalue weighted by molar-refractivity contribution is 0.245. The summed E-state index contributed by atoms with van der Waals surface area (Å²) in [5, 5.41) is 8.93. The molecular formula is C10H8Br2N2O4S. The fourth-order valence-corrected chi connectivity index (χ4v) is 3.82. The minimum absolute atomic E-state index is 0.0242. The normalized spacial score (nSPS) is 11.5. The van der Waals surface area contributed by atoms with E-state index in [1.54, 1.807) is 12.1 Å². The van der Waals surface area contributed by atoms with Gasteiger partial charge in [-0.1, -0.05) is 0 Å². The van der Waals surface area contributed by atoms with E-state index in [-0.39, 0.29) is 27.7 Å². The summed E-state index contributed by atoms with van der Waals surface area (Å²) in [4.78, 5) is 3.81. The number of furan rings is 1. The van der Waals surface area contributed by atoms with Crippen LogP contribution in [0.4, 0.5) is 5.82 Å². The zero-order valence-electron chi connectivity index (χ0n) is 9.30. The van der Waals surface area contributed by atoms with Crippen LogP contribution in [0.2, 0.25) is 0 Å². The van der Waals surface area contributed by atoms with E-state index in [1.165, 1.54) is 12.3 Å². The number of aliphatic hydroxyl groups is 1. The van der Waals surface area contributed by atoms with Crippen LogP contribution in [0.1, 0.15) is 5.76 Å². The minimum Gasteiger partial charge on any atom is -0.450 e. The van der Waals surface area contributed by atoms with Crippen molar-refractivity contribution in [2.24, 2.45) is 0 Å². The van der Waals surface area contributed by atoms with Gasteiger partial charge in [0.05, 0.1) is 4.47 Å². The molecule has 0 aliphatic carbocycles. The summed E-state index contributed by atoms with van der Waals surface area (Å²) in [5.74, 6) is 0.313. The molecule has 2 heterocycles. The van der Waals surface area contributed by atoms with Crippen molar-refractivity contribution in [2.45, 2.75) is 11.5 Å². The second kappa shape index (κ2) is 5.61. The molecule has 19 heavy (non-hydrogen) atoms. The first-order valence-electron chi connectivity index (χ1n) is 4.96. The number of hydrogen-bond donors (Lipinski definition) is 2. The van der Waals surface area contributed by atoms with Crippen molar-refractivity contribution in [3.05, 3.63) is 39.3 Å². The zero-order valence-corrected chi connectivity index (χ0v) is 13.3. The van der Waals surface area contributed by atoms with Crippen molar-refractivity contribution >= 4 is 47.7 Å². The van der Waals surface area contributed by atoms with Gasteiger partial charge in [0.25, 0.3) is 10.0 Å². The molecule has 2 aromatic heterocycles. The number of hydrogen-bond acceptors (Lipinski definition) is 5. The summed E-state index contributed by atoms with van der Waals surface area (Å²) >= 11 is 6.19. The molecule has 0 unspecified atom stereocenters. The number of pyridine rings is 1. The van der Waals surface area contributed by atoms with Gasteiger partial charge in [0.15, 0.2) is 10.5 Å².